The van der Waals surface area contributed by atoms with Crippen LogP contribution in [0.2, 0.25) is 0 Å². The highest BCUT2D eigenvalue weighted by molar-refractivity contribution is 14.1. The van der Waals surface area contributed by atoms with Gasteiger partial charge in [-0.3, -0.25) is 0 Å². The van der Waals surface area contributed by atoms with E-state index in [2.05, 4.69) is 59.0 Å². The number of fused-ring (bicyclic) bond motifs is 1. The lowest BCUT2D eigenvalue weighted by Crippen LogP contribution is -2.00. The van der Waals surface area contributed by atoms with Crippen molar-refractivity contribution in [2.75, 3.05) is 0 Å². The molecule has 0 radical (unpaired) electrons. The van der Waals surface area contributed by atoms with Crippen molar-refractivity contribution < 1.29 is 5.11 Å². The Hall–Kier alpha value is -0.910. The topological polar surface area (TPSA) is 20.2 Å². The van der Waals surface area contributed by atoms with Crippen molar-refractivity contribution in [2.24, 2.45) is 0 Å². The maximum absolute atomic E-state index is 10.4. The highest BCUT2D eigenvalue weighted by atomic mass is 127. The Labute approximate surface area is 130 Å². The smallest absolute Gasteiger partial charge is 0.0839 e. The van der Waals surface area contributed by atoms with Crippen molar-refractivity contribution >= 4 is 44.7 Å². The van der Waals surface area contributed by atoms with E-state index in [1.165, 1.54) is 19.2 Å². The summed E-state index contributed by atoms with van der Waals surface area (Å²) < 4.78 is 1.21. The average Bonchev–Trinajstić information content (AvgIpc) is 2.86. The van der Waals surface area contributed by atoms with Crippen molar-refractivity contribution in [1.82, 2.24) is 0 Å². The molecule has 1 N–H and O–H groups in total. The molecular formula is C16H13IOS. The monoisotopic (exact) mass is 380 g/mol. The van der Waals surface area contributed by atoms with Crippen LogP contribution in [0.3, 0.4) is 0 Å². The Morgan fingerprint density at radius 2 is 1.89 bits per heavy atom. The van der Waals surface area contributed by atoms with Crippen LogP contribution in [0.15, 0.2) is 53.9 Å². The summed E-state index contributed by atoms with van der Waals surface area (Å²) in [7, 11) is 0. The van der Waals surface area contributed by atoms with Crippen LogP contribution < -0.4 is 0 Å². The number of hydrogen-bond acceptors (Lipinski definition) is 2. The summed E-state index contributed by atoms with van der Waals surface area (Å²) in [6.45, 7) is 0. The molecule has 0 bridgehead atoms. The van der Waals surface area contributed by atoms with E-state index in [0.29, 0.717) is 6.42 Å². The average molecular weight is 380 g/mol. The summed E-state index contributed by atoms with van der Waals surface area (Å²) in [5, 5.41) is 14.8. The molecule has 1 aromatic heterocycles. The van der Waals surface area contributed by atoms with Crippen LogP contribution in [0.4, 0.5) is 0 Å². The number of thiophene rings is 1. The van der Waals surface area contributed by atoms with Gasteiger partial charge in [-0.15, -0.1) is 11.3 Å². The fourth-order valence-electron chi connectivity index (χ4n) is 2.29. The van der Waals surface area contributed by atoms with E-state index < -0.39 is 6.10 Å². The number of hydrogen-bond donors (Lipinski definition) is 1. The van der Waals surface area contributed by atoms with Gasteiger partial charge in [-0.2, -0.15) is 0 Å². The number of aliphatic hydroxyl groups excluding tert-OH is 1. The van der Waals surface area contributed by atoms with Crippen molar-refractivity contribution in [3.05, 3.63) is 67.9 Å². The third-order valence-corrected chi connectivity index (χ3v) is 5.07. The van der Waals surface area contributed by atoms with Gasteiger partial charge in [0.1, 0.15) is 0 Å². The number of aliphatic hydroxyl groups is 1. The molecule has 0 saturated heterocycles. The molecule has 0 amide bonds. The van der Waals surface area contributed by atoms with E-state index in [1.54, 1.807) is 11.3 Å². The van der Waals surface area contributed by atoms with Gasteiger partial charge in [0.15, 0.2) is 0 Å². The van der Waals surface area contributed by atoms with E-state index in [1.807, 2.05) is 17.5 Å². The van der Waals surface area contributed by atoms with E-state index in [0.717, 1.165) is 5.56 Å². The molecule has 2 aromatic carbocycles. The van der Waals surface area contributed by atoms with Gasteiger partial charge < -0.3 is 5.11 Å². The predicted molar refractivity (Wildman–Crippen MR) is 89.6 cm³/mol. The number of benzene rings is 2. The van der Waals surface area contributed by atoms with Crippen molar-refractivity contribution in [2.45, 2.75) is 12.5 Å². The van der Waals surface area contributed by atoms with Crippen molar-refractivity contribution in [3.63, 3.8) is 0 Å². The number of rotatable bonds is 3. The Bertz CT molecular complexity index is 699. The van der Waals surface area contributed by atoms with Gasteiger partial charge in [0.2, 0.25) is 0 Å². The molecule has 0 saturated carbocycles. The van der Waals surface area contributed by atoms with Crippen LogP contribution >= 0.6 is 33.9 Å². The Balaban J connectivity index is 1.93. The summed E-state index contributed by atoms with van der Waals surface area (Å²) in [4.78, 5) is 0. The SMILES string of the molecule is OC(Cc1cccc2ccccc12)c1csc(I)c1. The van der Waals surface area contributed by atoms with E-state index >= 15 is 0 Å². The normalized spacial score (nSPS) is 12.7. The molecule has 0 aliphatic rings. The van der Waals surface area contributed by atoms with Crippen LogP contribution in [0.5, 0.6) is 0 Å². The Morgan fingerprint density at radius 1 is 1.11 bits per heavy atom. The fourth-order valence-corrected chi connectivity index (χ4v) is 3.71. The first kappa shape index (κ1) is 13.1. The zero-order valence-electron chi connectivity index (χ0n) is 10.2. The summed E-state index contributed by atoms with van der Waals surface area (Å²) >= 11 is 3.96. The van der Waals surface area contributed by atoms with Crippen molar-refractivity contribution in [3.8, 4) is 0 Å². The fraction of sp³-hybridized carbons (Fsp3) is 0.125. The van der Waals surface area contributed by atoms with Crippen molar-refractivity contribution in [1.29, 1.82) is 0 Å². The lowest BCUT2D eigenvalue weighted by molar-refractivity contribution is 0.179. The molecule has 1 atom stereocenters. The van der Waals surface area contributed by atoms with Crippen LogP contribution in [0.1, 0.15) is 17.2 Å². The first-order valence-electron chi connectivity index (χ1n) is 6.12. The summed E-state index contributed by atoms with van der Waals surface area (Å²) in [5.41, 5.74) is 2.22. The first-order chi connectivity index (χ1) is 9.24. The van der Waals surface area contributed by atoms with Gasteiger partial charge in [-0.25, -0.2) is 0 Å². The first-order valence-corrected chi connectivity index (χ1v) is 8.08. The van der Waals surface area contributed by atoms with Crippen LogP contribution in [-0.4, -0.2) is 5.11 Å². The molecule has 0 spiro atoms. The zero-order valence-corrected chi connectivity index (χ0v) is 13.2. The molecule has 96 valence electrons. The minimum Gasteiger partial charge on any atom is -0.388 e. The number of halogens is 1. The van der Waals surface area contributed by atoms with Gasteiger partial charge in [0, 0.05) is 6.42 Å². The minimum absolute atomic E-state index is 0.425. The Kier molecular flexibility index (Phi) is 3.86. The second-order valence-corrected chi connectivity index (χ2v) is 7.35. The standard InChI is InChI=1S/C16H13IOS/c17-16-9-13(10-19-16)15(18)8-12-6-3-5-11-4-1-2-7-14(11)12/h1-7,9-10,15,18H,8H2. The van der Waals surface area contributed by atoms with Gasteiger partial charge in [-0.1, -0.05) is 42.5 Å². The molecule has 1 heterocycles. The lowest BCUT2D eigenvalue weighted by Gasteiger charge is -2.11. The molecule has 0 aliphatic heterocycles. The molecule has 3 aromatic rings. The third kappa shape index (κ3) is 2.83. The lowest BCUT2D eigenvalue weighted by atomic mass is 9.98. The molecule has 19 heavy (non-hydrogen) atoms. The molecule has 1 unspecified atom stereocenters. The van der Waals surface area contributed by atoms with Crippen LogP contribution in [-0.2, 0) is 6.42 Å². The third-order valence-electron chi connectivity index (χ3n) is 3.27. The van der Waals surface area contributed by atoms with Crippen LogP contribution in [0, 0.1) is 2.88 Å². The second kappa shape index (κ2) is 5.61. The quantitative estimate of drug-likeness (QED) is 0.649. The van der Waals surface area contributed by atoms with E-state index in [-0.39, 0.29) is 0 Å². The molecule has 0 aliphatic carbocycles. The maximum atomic E-state index is 10.4. The Morgan fingerprint density at radius 3 is 2.68 bits per heavy atom. The highest BCUT2D eigenvalue weighted by Gasteiger charge is 2.12. The molecule has 1 nitrogen and oxygen atoms in total. The second-order valence-electron chi connectivity index (χ2n) is 4.54. The zero-order chi connectivity index (χ0) is 13.2. The summed E-state index contributed by atoms with van der Waals surface area (Å²) in [5.74, 6) is 0. The van der Waals surface area contributed by atoms with Crippen LogP contribution in [0.25, 0.3) is 10.8 Å². The minimum atomic E-state index is -0.425. The highest BCUT2D eigenvalue weighted by Crippen LogP contribution is 2.27. The maximum Gasteiger partial charge on any atom is 0.0839 e. The molecule has 3 rings (SSSR count). The van der Waals surface area contributed by atoms with E-state index in [4.69, 9.17) is 0 Å². The molecule has 3 heteroatoms. The van der Waals surface area contributed by atoms with Gasteiger partial charge in [-0.05, 0) is 55.9 Å². The summed E-state index contributed by atoms with van der Waals surface area (Å²) in [6.07, 6.45) is 0.235. The van der Waals surface area contributed by atoms with E-state index in [9.17, 15) is 5.11 Å². The molecule has 0 fully saturated rings. The largest absolute Gasteiger partial charge is 0.388 e. The predicted octanol–water partition coefficient (Wildman–Crippen LogP) is 4.78. The van der Waals surface area contributed by atoms with Gasteiger partial charge in [0.05, 0.1) is 8.99 Å². The molecular weight excluding hydrogens is 367 g/mol. The summed E-state index contributed by atoms with van der Waals surface area (Å²) in [6, 6.07) is 16.6. The van der Waals surface area contributed by atoms with Gasteiger partial charge >= 0.3 is 0 Å². The van der Waals surface area contributed by atoms with Gasteiger partial charge in [0.25, 0.3) is 0 Å².